The van der Waals surface area contributed by atoms with Gasteiger partial charge in [-0.2, -0.15) is 0 Å². The van der Waals surface area contributed by atoms with Crippen molar-refractivity contribution in [2.24, 2.45) is 0 Å². The van der Waals surface area contributed by atoms with Crippen molar-refractivity contribution >= 4 is 11.8 Å². The summed E-state index contributed by atoms with van der Waals surface area (Å²) in [4.78, 5) is 20.3. The predicted molar refractivity (Wildman–Crippen MR) is 69.9 cm³/mol. The first-order valence-corrected chi connectivity index (χ1v) is 5.55. The summed E-state index contributed by atoms with van der Waals surface area (Å²) in [5.74, 6) is 0. The van der Waals surface area contributed by atoms with E-state index in [2.05, 4.69) is 0 Å². The van der Waals surface area contributed by atoms with Crippen molar-refractivity contribution in [1.82, 2.24) is 0 Å². The molecule has 2 rings (SSSR count). The largest absolute Gasteiger partial charge is 0.272 e. The van der Waals surface area contributed by atoms with E-state index in [1.54, 1.807) is 36.4 Å². The highest BCUT2D eigenvalue weighted by molar-refractivity contribution is 5.58. The summed E-state index contributed by atoms with van der Waals surface area (Å²) in [6, 6.07) is 5.99. The topological polar surface area (TPSA) is 86.3 Å². The number of hydrogen-bond acceptors (Lipinski definition) is 4. The maximum Gasteiger partial charge on any atom is 0.272 e. The number of nitro benzene ring substituents is 1. The minimum Gasteiger partial charge on any atom is -0.258 e. The van der Waals surface area contributed by atoms with E-state index >= 15 is 0 Å². The molecule has 0 spiro atoms. The highest BCUT2D eigenvalue weighted by atomic mass is 16.6. The maximum atomic E-state index is 10.7. The number of nitro groups is 2. The third-order valence-corrected chi connectivity index (χ3v) is 2.70. The lowest BCUT2D eigenvalue weighted by Gasteiger charge is -1.96. The second kappa shape index (κ2) is 5.26. The molecule has 1 aliphatic rings. The van der Waals surface area contributed by atoms with Gasteiger partial charge in [-0.25, -0.2) is 0 Å². The summed E-state index contributed by atoms with van der Waals surface area (Å²) in [5, 5.41) is 21.2. The molecule has 1 aromatic carbocycles. The second-order valence-electron chi connectivity index (χ2n) is 3.92. The fourth-order valence-electron chi connectivity index (χ4n) is 1.75. The zero-order valence-corrected chi connectivity index (χ0v) is 9.85. The second-order valence-corrected chi connectivity index (χ2v) is 3.92. The van der Waals surface area contributed by atoms with Crippen molar-refractivity contribution in [3.8, 4) is 0 Å². The lowest BCUT2D eigenvalue weighted by molar-refractivity contribution is -0.420. The van der Waals surface area contributed by atoms with Crippen LogP contribution in [-0.2, 0) is 0 Å². The van der Waals surface area contributed by atoms with Crippen LogP contribution in [0.5, 0.6) is 0 Å². The van der Waals surface area contributed by atoms with Gasteiger partial charge in [-0.1, -0.05) is 12.2 Å². The Balaban J connectivity index is 2.13. The third-order valence-electron chi connectivity index (χ3n) is 2.70. The fourth-order valence-corrected chi connectivity index (χ4v) is 1.75. The Morgan fingerprint density at radius 2 is 1.63 bits per heavy atom. The summed E-state index contributed by atoms with van der Waals surface area (Å²) in [7, 11) is 0. The van der Waals surface area contributed by atoms with Crippen molar-refractivity contribution in [1.29, 1.82) is 0 Å². The molecule has 0 fully saturated rings. The van der Waals surface area contributed by atoms with Gasteiger partial charge in [0.2, 0.25) is 0 Å². The summed E-state index contributed by atoms with van der Waals surface area (Å²) < 4.78 is 0. The first-order valence-electron chi connectivity index (χ1n) is 5.55. The summed E-state index contributed by atoms with van der Waals surface area (Å²) in [5.41, 5.74) is 1.42. The molecule has 0 aromatic heterocycles. The van der Waals surface area contributed by atoms with Crippen LogP contribution in [0.2, 0.25) is 0 Å². The van der Waals surface area contributed by atoms with Gasteiger partial charge >= 0.3 is 0 Å². The Morgan fingerprint density at radius 1 is 0.947 bits per heavy atom. The van der Waals surface area contributed by atoms with Gasteiger partial charge in [-0.05, 0) is 36.3 Å². The number of allylic oxidation sites excluding steroid dienone is 3. The molecule has 0 heterocycles. The molecule has 96 valence electrons. The van der Waals surface area contributed by atoms with Crippen molar-refractivity contribution < 1.29 is 9.85 Å². The zero-order valence-electron chi connectivity index (χ0n) is 9.85. The van der Waals surface area contributed by atoms with Crippen LogP contribution in [0.1, 0.15) is 12.0 Å². The van der Waals surface area contributed by atoms with Gasteiger partial charge in [-0.3, -0.25) is 20.2 Å². The van der Waals surface area contributed by atoms with Gasteiger partial charge in [0, 0.05) is 17.7 Å². The molecule has 0 bridgehead atoms. The molecular formula is C13H10N2O4. The summed E-state index contributed by atoms with van der Waals surface area (Å²) in [6.07, 6.45) is 7.20. The minimum atomic E-state index is -0.472. The summed E-state index contributed by atoms with van der Waals surface area (Å²) in [6.45, 7) is 0. The number of non-ortho nitro benzene ring substituents is 1. The van der Waals surface area contributed by atoms with Gasteiger partial charge in [-0.15, -0.1) is 0 Å². The van der Waals surface area contributed by atoms with Gasteiger partial charge in [0.1, 0.15) is 0 Å². The molecule has 0 radical (unpaired) electrons. The van der Waals surface area contributed by atoms with Crippen LogP contribution in [0.4, 0.5) is 5.69 Å². The van der Waals surface area contributed by atoms with Crippen molar-refractivity contribution in [3.63, 3.8) is 0 Å². The number of rotatable bonds is 4. The fraction of sp³-hybridized carbons (Fsp3) is 0.0769. The van der Waals surface area contributed by atoms with E-state index in [9.17, 15) is 20.2 Å². The minimum absolute atomic E-state index is 0.0168. The average molecular weight is 258 g/mol. The smallest absolute Gasteiger partial charge is 0.258 e. The molecule has 0 atom stereocenters. The predicted octanol–water partition coefficient (Wildman–Crippen LogP) is 3.10. The first kappa shape index (κ1) is 12.7. The van der Waals surface area contributed by atoms with Gasteiger partial charge < -0.3 is 0 Å². The molecule has 0 unspecified atom stereocenters. The van der Waals surface area contributed by atoms with E-state index in [0.29, 0.717) is 12.0 Å². The number of nitrogens with zero attached hydrogens (tertiary/aromatic N) is 2. The Labute approximate surface area is 108 Å². The molecule has 19 heavy (non-hydrogen) atoms. The van der Waals surface area contributed by atoms with Crippen molar-refractivity contribution in [2.75, 3.05) is 0 Å². The normalized spacial score (nSPS) is 14.3. The standard InChI is InChI=1S/C13H10N2O4/c16-14(17)12-8-5-10(6-9-12)4-7-11-2-1-3-13(11)15(18)19/h2-9H,1H2/b7-4+. The molecule has 0 aliphatic heterocycles. The Hall–Kier alpha value is -2.76. The molecule has 0 N–H and O–H groups in total. The number of hydrogen-bond donors (Lipinski definition) is 0. The van der Waals surface area contributed by atoms with Crippen LogP contribution < -0.4 is 0 Å². The Morgan fingerprint density at radius 3 is 2.21 bits per heavy atom. The lowest BCUT2D eigenvalue weighted by Crippen LogP contribution is -1.97. The van der Waals surface area contributed by atoms with Crippen LogP contribution in [0.25, 0.3) is 6.08 Å². The monoisotopic (exact) mass is 258 g/mol. The van der Waals surface area contributed by atoms with E-state index in [0.717, 1.165) is 5.56 Å². The molecule has 6 heteroatoms. The quantitative estimate of drug-likeness (QED) is 0.613. The van der Waals surface area contributed by atoms with Crippen LogP contribution in [0.3, 0.4) is 0 Å². The van der Waals surface area contributed by atoms with Crippen molar-refractivity contribution in [3.05, 3.63) is 79.6 Å². The molecule has 1 aliphatic carbocycles. The van der Waals surface area contributed by atoms with Gasteiger partial charge in [0.15, 0.2) is 0 Å². The SMILES string of the molecule is O=[N+]([O-])C1=CCC=C1/C=C/c1ccc([N+](=O)[O-])cc1. The third kappa shape index (κ3) is 2.92. The highest BCUT2D eigenvalue weighted by Gasteiger charge is 2.18. The Kier molecular flexibility index (Phi) is 3.51. The van der Waals surface area contributed by atoms with Gasteiger partial charge in [0.25, 0.3) is 11.4 Å². The zero-order chi connectivity index (χ0) is 13.8. The molecule has 0 saturated heterocycles. The van der Waals surface area contributed by atoms with E-state index in [-0.39, 0.29) is 11.4 Å². The number of benzene rings is 1. The molecule has 1 aromatic rings. The van der Waals surface area contributed by atoms with E-state index < -0.39 is 9.85 Å². The van der Waals surface area contributed by atoms with E-state index in [1.165, 1.54) is 12.1 Å². The first-order chi connectivity index (χ1) is 9.08. The van der Waals surface area contributed by atoms with E-state index in [1.807, 2.05) is 0 Å². The maximum absolute atomic E-state index is 10.7. The average Bonchev–Trinajstić information content (AvgIpc) is 2.85. The molecular weight excluding hydrogens is 248 g/mol. The van der Waals surface area contributed by atoms with Gasteiger partial charge in [0.05, 0.1) is 9.85 Å². The summed E-state index contributed by atoms with van der Waals surface area (Å²) >= 11 is 0. The Bertz CT molecular complexity index is 612. The molecule has 0 saturated carbocycles. The van der Waals surface area contributed by atoms with Crippen LogP contribution in [-0.4, -0.2) is 9.85 Å². The van der Waals surface area contributed by atoms with Crippen molar-refractivity contribution in [2.45, 2.75) is 6.42 Å². The van der Waals surface area contributed by atoms with Crippen LogP contribution >= 0.6 is 0 Å². The van der Waals surface area contributed by atoms with Crippen LogP contribution in [0.15, 0.2) is 53.8 Å². The van der Waals surface area contributed by atoms with E-state index in [4.69, 9.17) is 0 Å². The highest BCUT2D eigenvalue weighted by Crippen LogP contribution is 2.22. The lowest BCUT2D eigenvalue weighted by atomic mass is 10.1. The van der Waals surface area contributed by atoms with Crippen LogP contribution in [0, 0.1) is 20.2 Å². The molecule has 6 nitrogen and oxygen atoms in total. The molecule has 0 amide bonds.